The lowest BCUT2D eigenvalue weighted by Gasteiger charge is -2.37. The van der Waals surface area contributed by atoms with E-state index in [-0.39, 0.29) is 49.0 Å². The minimum atomic E-state index is -3.97. The third kappa shape index (κ3) is 5.29. The van der Waals surface area contributed by atoms with Crippen molar-refractivity contribution in [2.75, 3.05) is 33.5 Å². The zero-order valence-corrected chi connectivity index (χ0v) is 22.8. The number of hydrogen-bond acceptors (Lipinski definition) is 8. The second-order valence-corrected chi connectivity index (χ2v) is 11.8. The molecule has 0 aliphatic carbocycles. The fourth-order valence-electron chi connectivity index (χ4n) is 4.77. The van der Waals surface area contributed by atoms with Gasteiger partial charge in [0.1, 0.15) is 16.7 Å². The summed E-state index contributed by atoms with van der Waals surface area (Å²) in [5, 5.41) is 9.87. The molecule has 0 fully saturated rings. The Morgan fingerprint density at radius 2 is 1.82 bits per heavy atom. The van der Waals surface area contributed by atoms with Gasteiger partial charge in [0.15, 0.2) is 11.5 Å². The van der Waals surface area contributed by atoms with Crippen molar-refractivity contribution in [1.29, 1.82) is 0 Å². The van der Waals surface area contributed by atoms with Gasteiger partial charge < -0.3 is 24.2 Å². The molecule has 3 aromatic rings. The van der Waals surface area contributed by atoms with E-state index in [0.717, 1.165) is 11.1 Å². The average molecular weight is 554 g/mol. The number of benzene rings is 2. The van der Waals surface area contributed by atoms with E-state index in [0.29, 0.717) is 17.1 Å². The molecule has 11 heteroatoms. The van der Waals surface area contributed by atoms with Crippen LogP contribution in [0.2, 0.25) is 0 Å². The van der Waals surface area contributed by atoms with Crippen LogP contribution in [0.5, 0.6) is 17.2 Å². The van der Waals surface area contributed by atoms with Crippen LogP contribution >= 0.6 is 0 Å². The highest BCUT2D eigenvalue weighted by Gasteiger charge is 2.38. The molecule has 2 aliphatic rings. The Morgan fingerprint density at radius 3 is 2.56 bits per heavy atom. The van der Waals surface area contributed by atoms with Gasteiger partial charge in [0, 0.05) is 43.5 Å². The number of nitrogens with zero attached hydrogens (tertiary/aromatic N) is 3. The number of amides is 1. The molecule has 2 aromatic carbocycles. The van der Waals surface area contributed by atoms with Crippen LogP contribution in [-0.4, -0.2) is 79.3 Å². The van der Waals surface area contributed by atoms with E-state index in [1.54, 1.807) is 61.6 Å². The largest absolute Gasteiger partial charge is 0.487 e. The lowest BCUT2D eigenvalue weighted by molar-refractivity contribution is 0.0563. The second-order valence-electron chi connectivity index (χ2n) is 9.89. The van der Waals surface area contributed by atoms with Crippen molar-refractivity contribution in [3.8, 4) is 28.4 Å². The first-order chi connectivity index (χ1) is 18.7. The van der Waals surface area contributed by atoms with Crippen LogP contribution in [0.1, 0.15) is 24.2 Å². The molecule has 1 aromatic heterocycles. The molecule has 3 heterocycles. The molecule has 1 N–H and O–H groups in total. The normalized spacial score (nSPS) is 20.7. The number of aliphatic hydroxyl groups is 1. The van der Waals surface area contributed by atoms with Crippen LogP contribution in [0.15, 0.2) is 65.8 Å². The minimum Gasteiger partial charge on any atom is -0.487 e. The lowest BCUT2D eigenvalue weighted by Crippen LogP contribution is -2.50. The molecule has 0 radical (unpaired) electrons. The lowest BCUT2D eigenvalue weighted by atomic mass is 10.0. The van der Waals surface area contributed by atoms with Crippen LogP contribution < -0.4 is 14.2 Å². The Bertz CT molecular complexity index is 1470. The highest BCUT2D eigenvalue weighted by molar-refractivity contribution is 7.89. The van der Waals surface area contributed by atoms with Gasteiger partial charge in [-0.2, -0.15) is 4.31 Å². The minimum absolute atomic E-state index is 0.0160. The van der Waals surface area contributed by atoms with Gasteiger partial charge in [0.25, 0.3) is 5.91 Å². The number of likely N-dealkylation sites (N-methyl/N-ethyl adjacent to an activating group) is 1. The fourth-order valence-corrected chi connectivity index (χ4v) is 6.60. The van der Waals surface area contributed by atoms with Crippen molar-refractivity contribution >= 4 is 15.9 Å². The summed E-state index contributed by atoms with van der Waals surface area (Å²) in [6.07, 6.45) is 2.79. The quantitative estimate of drug-likeness (QED) is 0.495. The Kier molecular flexibility index (Phi) is 7.48. The van der Waals surface area contributed by atoms with Crippen LogP contribution in [0, 0.1) is 5.92 Å². The molecule has 3 atom stereocenters. The first kappa shape index (κ1) is 26.9. The van der Waals surface area contributed by atoms with Crippen LogP contribution in [-0.2, 0) is 10.0 Å². The standard InChI is InChI=1S/C28H31N3O7S/c1-18-14-31(19(2)16-32)39(34,35)27-7-5-21(20-8-10-29-11-9-20)12-25(27)38-26(18)15-30(3)28(33)22-4-6-23-24(13-22)37-17-36-23/h4-13,18-19,26,32H,14-17H2,1-3H3/t18-,19+,26-/m0/s1. The van der Waals surface area contributed by atoms with Crippen molar-refractivity contribution in [3.63, 3.8) is 0 Å². The molecule has 2 aliphatic heterocycles. The fraction of sp³-hybridized carbons (Fsp3) is 0.357. The Hall–Kier alpha value is -3.67. The van der Waals surface area contributed by atoms with Gasteiger partial charge in [-0.15, -0.1) is 0 Å². The molecule has 1 amide bonds. The SMILES string of the molecule is C[C@H](CO)N1C[C@H](C)[C@H](CN(C)C(=O)c2ccc3c(c2)OCO3)Oc2cc(-c3ccncc3)ccc2S1(=O)=O. The van der Waals surface area contributed by atoms with Crippen molar-refractivity contribution in [3.05, 3.63) is 66.5 Å². The number of rotatable bonds is 6. The van der Waals surface area contributed by atoms with E-state index >= 15 is 0 Å². The first-order valence-corrected chi connectivity index (χ1v) is 14.1. The van der Waals surface area contributed by atoms with Gasteiger partial charge in [-0.1, -0.05) is 13.0 Å². The van der Waals surface area contributed by atoms with Crippen molar-refractivity contribution in [2.45, 2.75) is 30.9 Å². The maximum Gasteiger partial charge on any atom is 0.253 e. The zero-order valence-electron chi connectivity index (χ0n) is 22.0. The summed E-state index contributed by atoms with van der Waals surface area (Å²) in [7, 11) is -2.29. The molecule has 0 saturated heterocycles. The molecule has 206 valence electrons. The Morgan fingerprint density at radius 1 is 1.08 bits per heavy atom. The van der Waals surface area contributed by atoms with Gasteiger partial charge >= 0.3 is 0 Å². The number of carbonyl (C=O) groups excluding carboxylic acids is 1. The smallest absolute Gasteiger partial charge is 0.253 e. The summed E-state index contributed by atoms with van der Waals surface area (Å²) in [6, 6.07) is 13.0. The predicted octanol–water partition coefficient (Wildman–Crippen LogP) is 3.02. The number of fused-ring (bicyclic) bond motifs is 2. The highest BCUT2D eigenvalue weighted by atomic mass is 32.2. The van der Waals surface area contributed by atoms with Gasteiger partial charge in [0.2, 0.25) is 16.8 Å². The summed E-state index contributed by atoms with van der Waals surface area (Å²) < 4.78 is 45.9. The molecular formula is C28H31N3O7S. The van der Waals surface area contributed by atoms with Gasteiger partial charge in [-0.3, -0.25) is 9.78 Å². The maximum atomic E-state index is 13.7. The zero-order chi connectivity index (χ0) is 27.7. The molecular weight excluding hydrogens is 522 g/mol. The average Bonchev–Trinajstić information content (AvgIpc) is 3.42. The molecule has 0 spiro atoms. The Balaban J connectivity index is 1.49. The molecule has 39 heavy (non-hydrogen) atoms. The van der Waals surface area contributed by atoms with Gasteiger partial charge in [0.05, 0.1) is 13.2 Å². The summed E-state index contributed by atoms with van der Waals surface area (Å²) >= 11 is 0. The van der Waals surface area contributed by atoms with Crippen molar-refractivity contribution < 1.29 is 32.5 Å². The predicted molar refractivity (Wildman–Crippen MR) is 143 cm³/mol. The number of carbonyl (C=O) groups is 1. The summed E-state index contributed by atoms with van der Waals surface area (Å²) in [5.74, 6) is 0.761. The van der Waals surface area contributed by atoms with Crippen molar-refractivity contribution in [1.82, 2.24) is 14.2 Å². The highest BCUT2D eigenvalue weighted by Crippen LogP contribution is 2.37. The van der Waals surface area contributed by atoms with E-state index in [2.05, 4.69) is 4.98 Å². The summed E-state index contributed by atoms with van der Waals surface area (Å²) in [6.45, 7) is 3.66. The molecule has 10 nitrogen and oxygen atoms in total. The first-order valence-electron chi connectivity index (χ1n) is 12.7. The van der Waals surface area contributed by atoms with E-state index in [1.807, 2.05) is 19.1 Å². The monoisotopic (exact) mass is 553 g/mol. The summed E-state index contributed by atoms with van der Waals surface area (Å²) in [5.41, 5.74) is 2.07. The summed E-state index contributed by atoms with van der Waals surface area (Å²) in [4.78, 5) is 18.9. The van der Waals surface area contributed by atoms with E-state index < -0.39 is 22.2 Å². The molecule has 5 rings (SSSR count). The number of aromatic nitrogens is 1. The van der Waals surface area contributed by atoms with Crippen LogP contribution in [0.25, 0.3) is 11.1 Å². The van der Waals surface area contributed by atoms with Gasteiger partial charge in [-0.25, -0.2) is 8.42 Å². The topological polar surface area (TPSA) is 118 Å². The van der Waals surface area contributed by atoms with Crippen LogP contribution in [0.3, 0.4) is 0 Å². The molecule has 0 unspecified atom stereocenters. The number of pyridine rings is 1. The third-order valence-corrected chi connectivity index (χ3v) is 9.12. The third-order valence-electron chi connectivity index (χ3n) is 7.10. The van der Waals surface area contributed by atoms with E-state index in [1.165, 1.54) is 10.4 Å². The number of sulfonamides is 1. The number of hydrogen-bond donors (Lipinski definition) is 1. The Labute approximate surface area is 227 Å². The number of aliphatic hydroxyl groups excluding tert-OH is 1. The van der Waals surface area contributed by atoms with E-state index in [4.69, 9.17) is 14.2 Å². The molecule has 0 saturated carbocycles. The number of ether oxygens (including phenoxy) is 3. The second kappa shape index (κ2) is 10.8. The van der Waals surface area contributed by atoms with E-state index in [9.17, 15) is 18.3 Å². The van der Waals surface area contributed by atoms with Crippen molar-refractivity contribution in [2.24, 2.45) is 5.92 Å². The molecule has 0 bridgehead atoms. The van der Waals surface area contributed by atoms with Gasteiger partial charge in [-0.05, 0) is 60.5 Å². The maximum absolute atomic E-state index is 13.7. The van der Waals surface area contributed by atoms with Crippen LogP contribution in [0.4, 0.5) is 0 Å².